The Labute approximate surface area is 197 Å². The summed E-state index contributed by atoms with van der Waals surface area (Å²) in [5.41, 5.74) is 0.262. The summed E-state index contributed by atoms with van der Waals surface area (Å²) < 4.78 is 30.6. The minimum atomic E-state index is -3.71. The van der Waals surface area contributed by atoms with Gasteiger partial charge in [-0.05, 0) is 24.0 Å². The molecule has 0 aliphatic heterocycles. The Bertz CT molecular complexity index is 1320. The van der Waals surface area contributed by atoms with Gasteiger partial charge in [0.1, 0.15) is 12.3 Å². The smallest absolute Gasteiger partial charge is 0.358 e. The van der Waals surface area contributed by atoms with Crippen LogP contribution in [0.5, 0.6) is 0 Å². The molecule has 34 heavy (non-hydrogen) atoms. The van der Waals surface area contributed by atoms with Gasteiger partial charge in [0.25, 0.3) is 0 Å². The molecule has 0 aliphatic carbocycles. The molecule has 180 valence electrons. The fourth-order valence-corrected chi connectivity index (χ4v) is 4.11. The van der Waals surface area contributed by atoms with Crippen LogP contribution in [0.2, 0.25) is 5.02 Å². The number of rotatable bonds is 10. The van der Waals surface area contributed by atoms with Crippen molar-refractivity contribution in [2.75, 3.05) is 13.1 Å². The molecule has 1 aromatic carbocycles. The largest absolute Gasteiger partial charge is 0.408 e. The molecule has 3 rings (SSSR count). The second-order valence-corrected chi connectivity index (χ2v) is 9.20. The summed E-state index contributed by atoms with van der Waals surface area (Å²) in [5, 5.41) is 22.8. The average molecular weight is 512 g/mol. The van der Waals surface area contributed by atoms with Gasteiger partial charge in [-0.25, -0.2) is 8.42 Å². The molecule has 0 aliphatic rings. The zero-order chi connectivity index (χ0) is 24.9. The summed E-state index contributed by atoms with van der Waals surface area (Å²) in [5.74, 6) is -2.97. The Kier molecular flexibility index (Phi) is 7.57. The highest BCUT2D eigenvalue weighted by Gasteiger charge is 2.25. The highest BCUT2D eigenvalue weighted by molar-refractivity contribution is 7.90. The van der Waals surface area contributed by atoms with E-state index in [4.69, 9.17) is 16.1 Å². The second kappa shape index (κ2) is 10.4. The van der Waals surface area contributed by atoms with E-state index in [1.807, 2.05) is 0 Å². The van der Waals surface area contributed by atoms with Crippen molar-refractivity contribution in [2.24, 2.45) is 0 Å². The summed E-state index contributed by atoms with van der Waals surface area (Å²) in [6.07, 6.45) is 0. The minimum absolute atomic E-state index is 0.0103. The van der Waals surface area contributed by atoms with Gasteiger partial charge in [0.05, 0.1) is 15.7 Å². The number of benzene rings is 1. The highest BCUT2D eigenvalue weighted by Crippen LogP contribution is 2.26. The molecule has 0 fully saturated rings. The number of nitro groups is 1. The van der Waals surface area contributed by atoms with Crippen molar-refractivity contribution in [3.63, 3.8) is 0 Å². The number of amides is 2. The van der Waals surface area contributed by atoms with Crippen LogP contribution < -0.4 is 10.6 Å². The predicted octanol–water partition coefficient (Wildman–Crippen LogP) is 0.656. The van der Waals surface area contributed by atoms with E-state index in [2.05, 4.69) is 25.9 Å². The van der Waals surface area contributed by atoms with Crippen LogP contribution in [0.4, 0.5) is 5.82 Å². The van der Waals surface area contributed by atoms with Crippen LogP contribution in [0.1, 0.15) is 22.2 Å². The molecule has 3 aromatic rings. The third kappa shape index (κ3) is 5.93. The van der Waals surface area contributed by atoms with Crippen LogP contribution in [0.15, 0.2) is 39.8 Å². The molecule has 2 N–H and O–H groups in total. The molecule has 2 heterocycles. The van der Waals surface area contributed by atoms with Crippen LogP contribution in [0, 0.1) is 17.0 Å². The van der Waals surface area contributed by atoms with Gasteiger partial charge >= 0.3 is 17.6 Å². The first-order valence-electron chi connectivity index (χ1n) is 9.61. The zero-order valence-corrected chi connectivity index (χ0v) is 19.2. The molecule has 0 saturated carbocycles. The van der Waals surface area contributed by atoms with Crippen LogP contribution in [-0.4, -0.2) is 58.2 Å². The predicted molar refractivity (Wildman–Crippen MR) is 116 cm³/mol. The number of nitrogens with zero attached hydrogens (tertiary/aromatic N) is 5. The van der Waals surface area contributed by atoms with Crippen LogP contribution >= 0.6 is 11.6 Å². The monoisotopic (exact) mass is 511 g/mol. The van der Waals surface area contributed by atoms with E-state index in [0.717, 1.165) is 4.68 Å². The fraction of sp³-hybridized carbons (Fsp3) is 0.278. The van der Waals surface area contributed by atoms with Crippen molar-refractivity contribution in [2.45, 2.75) is 24.1 Å². The number of hydrogen-bond acceptors (Lipinski definition) is 10. The summed E-state index contributed by atoms with van der Waals surface area (Å²) >= 11 is 5.82. The standard InChI is InChI=1S/C18H18ClN7O7S/c1-11-15(19)16(26(29)30)23-25(11)9-14(27)20-7-8-21-17(28)18-22-13(24-33-18)10-34(31,32)12-5-3-2-4-6-12/h2-6H,7-10H2,1H3,(H,20,27)(H,21,28). The SMILES string of the molecule is Cc1c(Cl)c([N+](=O)[O-])nn1CC(=O)NCCNC(=O)c1nc(CS(=O)(=O)c2ccccc2)no1. The third-order valence-corrected chi connectivity index (χ3v) is 6.47. The van der Waals surface area contributed by atoms with Gasteiger partial charge in [-0.1, -0.05) is 35.0 Å². The Morgan fingerprint density at radius 2 is 1.88 bits per heavy atom. The first-order valence-corrected chi connectivity index (χ1v) is 11.6. The maximum Gasteiger partial charge on any atom is 0.408 e. The molecule has 0 atom stereocenters. The number of halogens is 1. The first kappa shape index (κ1) is 24.8. The first-order chi connectivity index (χ1) is 16.1. The quantitative estimate of drug-likeness (QED) is 0.222. The second-order valence-electron chi connectivity index (χ2n) is 6.83. The Morgan fingerprint density at radius 1 is 1.21 bits per heavy atom. The van der Waals surface area contributed by atoms with Gasteiger partial charge in [-0.3, -0.25) is 9.59 Å². The topological polar surface area (TPSA) is 192 Å². The maximum absolute atomic E-state index is 12.4. The van der Waals surface area contributed by atoms with E-state index >= 15 is 0 Å². The summed E-state index contributed by atoms with van der Waals surface area (Å²) in [7, 11) is -3.71. The molecular weight excluding hydrogens is 494 g/mol. The Morgan fingerprint density at radius 3 is 2.53 bits per heavy atom. The number of hydrogen-bond donors (Lipinski definition) is 2. The molecular formula is C18H18ClN7O7S. The van der Waals surface area contributed by atoms with E-state index in [1.165, 1.54) is 19.1 Å². The van der Waals surface area contributed by atoms with Crippen molar-refractivity contribution in [3.05, 3.63) is 62.9 Å². The Balaban J connectivity index is 1.46. The maximum atomic E-state index is 12.4. The average Bonchev–Trinajstić information content (AvgIpc) is 3.37. The lowest BCUT2D eigenvalue weighted by Crippen LogP contribution is -2.36. The minimum Gasteiger partial charge on any atom is -0.358 e. The van der Waals surface area contributed by atoms with Gasteiger partial charge in [-0.15, -0.1) is 0 Å². The molecule has 0 bridgehead atoms. The molecule has 0 saturated heterocycles. The number of carbonyl (C=O) groups is 2. The van der Waals surface area contributed by atoms with E-state index in [9.17, 15) is 28.1 Å². The lowest BCUT2D eigenvalue weighted by atomic mass is 10.4. The van der Waals surface area contributed by atoms with Gasteiger partial charge in [-0.2, -0.15) is 9.67 Å². The van der Waals surface area contributed by atoms with Gasteiger partial charge in [0.15, 0.2) is 20.7 Å². The van der Waals surface area contributed by atoms with Crippen molar-refractivity contribution in [1.29, 1.82) is 0 Å². The summed E-state index contributed by atoms with van der Waals surface area (Å²) in [6, 6.07) is 7.70. The molecule has 16 heteroatoms. The van der Waals surface area contributed by atoms with E-state index < -0.39 is 44.0 Å². The lowest BCUT2D eigenvalue weighted by molar-refractivity contribution is -0.389. The number of aromatic nitrogens is 4. The molecule has 2 amide bonds. The van der Waals surface area contributed by atoms with E-state index in [-0.39, 0.29) is 41.1 Å². The molecule has 2 aromatic heterocycles. The van der Waals surface area contributed by atoms with Crippen molar-refractivity contribution in [1.82, 2.24) is 30.6 Å². The van der Waals surface area contributed by atoms with Gasteiger partial charge in [0, 0.05) is 13.1 Å². The lowest BCUT2D eigenvalue weighted by Gasteiger charge is -2.05. The molecule has 0 radical (unpaired) electrons. The zero-order valence-electron chi connectivity index (χ0n) is 17.6. The number of sulfone groups is 1. The number of carbonyl (C=O) groups excluding carboxylic acids is 2. The summed E-state index contributed by atoms with van der Waals surface area (Å²) in [6.45, 7) is 1.18. The van der Waals surface area contributed by atoms with Crippen molar-refractivity contribution < 1.29 is 27.5 Å². The van der Waals surface area contributed by atoms with Crippen molar-refractivity contribution in [3.8, 4) is 0 Å². The van der Waals surface area contributed by atoms with E-state index in [1.54, 1.807) is 18.2 Å². The van der Waals surface area contributed by atoms with Crippen LogP contribution in [0.25, 0.3) is 0 Å². The van der Waals surface area contributed by atoms with Crippen LogP contribution in [0.3, 0.4) is 0 Å². The van der Waals surface area contributed by atoms with Crippen LogP contribution in [-0.2, 0) is 26.9 Å². The summed E-state index contributed by atoms with van der Waals surface area (Å²) in [4.78, 5) is 38.1. The highest BCUT2D eigenvalue weighted by atomic mass is 35.5. The third-order valence-electron chi connectivity index (χ3n) is 4.40. The van der Waals surface area contributed by atoms with E-state index in [0.29, 0.717) is 0 Å². The number of nitrogens with one attached hydrogen (secondary N) is 2. The van der Waals surface area contributed by atoms with Crippen molar-refractivity contribution >= 4 is 39.1 Å². The normalized spacial score (nSPS) is 11.2. The van der Waals surface area contributed by atoms with Gasteiger partial charge < -0.3 is 25.3 Å². The molecule has 0 spiro atoms. The fourth-order valence-electron chi connectivity index (χ4n) is 2.71. The van der Waals surface area contributed by atoms with Gasteiger partial charge in [0.2, 0.25) is 5.91 Å². The Hall–Kier alpha value is -3.85. The molecule has 0 unspecified atom stereocenters. The molecule has 14 nitrogen and oxygen atoms in total.